The van der Waals surface area contributed by atoms with Crippen molar-refractivity contribution >= 4 is 10.8 Å². The molecule has 0 radical (unpaired) electrons. The third kappa shape index (κ3) is 5.51. The topological polar surface area (TPSA) is 77.3 Å². The van der Waals surface area contributed by atoms with Crippen LogP contribution in [0.1, 0.15) is 0 Å². The molecule has 4 aromatic carbocycles. The van der Waals surface area contributed by atoms with E-state index in [-0.39, 0.29) is 0 Å². The number of pyridine rings is 3. The van der Waals surface area contributed by atoms with Crippen LogP contribution >= 0.6 is 0 Å². The maximum absolute atomic E-state index is 4.99. The van der Waals surface area contributed by atoms with Crippen molar-refractivity contribution in [1.82, 2.24) is 29.9 Å². The third-order valence-electron chi connectivity index (χ3n) is 7.87. The van der Waals surface area contributed by atoms with Crippen molar-refractivity contribution < 1.29 is 0 Å². The molecule has 0 aliphatic rings. The van der Waals surface area contributed by atoms with Gasteiger partial charge in [-0.2, -0.15) is 0 Å². The highest BCUT2D eigenvalue weighted by molar-refractivity contribution is 5.85. The lowest BCUT2D eigenvalue weighted by Crippen LogP contribution is -2.00. The summed E-state index contributed by atoms with van der Waals surface area (Å²) >= 11 is 0. The molecule has 4 aromatic heterocycles. The summed E-state index contributed by atoms with van der Waals surface area (Å²) in [7, 11) is 0. The van der Waals surface area contributed by atoms with Crippen LogP contribution in [-0.2, 0) is 0 Å². The standard InChI is InChI=1S/C40H26N6/c1-2-10-34-26-43-37(25-29(34)9-1)27-17-19-28(20-18-27)38-44-39(32-13-7-11-30(23-32)35-15-3-5-21-41-35)46-40(45-38)33-14-8-12-31(24-33)36-16-4-6-22-42-36/h1-26H. The SMILES string of the molecule is c1ccc(-c2cccc(-c3nc(-c4ccc(-c5cc6ccccc6cn5)cc4)nc(-c4cccc(-c5ccccn5)c4)n3)c2)nc1. The van der Waals surface area contributed by atoms with Gasteiger partial charge >= 0.3 is 0 Å². The normalized spacial score (nSPS) is 11.0. The van der Waals surface area contributed by atoms with Crippen LogP contribution in [-0.4, -0.2) is 29.9 Å². The molecule has 0 aliphatic heterocycles. The summed E-state index contributed by atoms with van der Waals surface area (Å²) in [6.07, 6.45) is 5.51. The molecule has 216 valence electrons. The Morgan fingerprint density at radius 2 is 0.804 bits per heavy atom. The van der Waals surface area contributed by atoms with E-state index >= 15 is 0 Å². The summed E-state index contributed by atoms with van der Waals surface area (Å²) < 4.78 is 0. The van der Waals surface area contributed by atoms with Crippen LogP contribution in [0.5, 0.6) is 0 Å². The Hall–Kier alpha value is -6.40. The van der Waals surface area contributed by atoms with Gasteiger partial charge in [-0.3, -0.25) is 15.0 Å². The molecule has 0 N–H and O–H groups in total. The molecule has 0 amide bonds. The van der Waals surface area contributed by atoms with E-state index in [0.29, 0.717) is 17.5 Å². The zero-order chi connectivity index (χ0) is 30.7. The van der Waals surface area contributed by atoms with Gasteiger partial charge in [-0.25, -0.2) is 15.0 Å². The maximum Gasteiger partial charge on any atom is 0.164 e. The van der Waals surface area contributed by atoms with Crippen molar-refractivity contribution in [3.05, 3.63) is 158 Å². The molecule has 0 fully saturated rings. The van der Waals surface area contributed by atoms with Gasteiger partial charge in [-0.15, -0.1) is 0 Å². The van der Waals surface area contributed by atoms with Gasteiger partial charge < -0.3 is 0 Å². The highest BCUT2D eigenvalue weighted by atomic mass is 15.0. The van der Waals surface area contributed by atoms with Gasteiger partial charge in [0.05, 0.1) is 17.1 Å². The molecule has 46 heavy (non-hydrogen) atoms. The van der Waals surface area contributed by atoms with E-state index in [9.17, 15) is 0 Å². The molecule has 4 heterocycles. The molecule has 0 atom stereocenters. The van der Waals surface area contributed by atoms with Gasteiger partial charge in [-0.05, 0) is 47.9 Å². The Labute approximate surface area is 266 Å². The lowest BCUT2D eigenvalue weighted by atomic mass is 10.0. The van der Waals surface area contributed by atoms with E-state index in [1.165, 1.54) is 0 Å². The van der Waals surface area contributed by atoms with Crippen LogP contribution in [0.25, 0.3) is 78.7 Å². The molecule has 0 bridgehead atoms. The fourth-order valence-electron chi connectivity index (χ4n) is 5.50. The average molecular weight is 591 g/mol. The lowest BCUT2D eigenvalue weighted by molar-refractivity contribution is 1.07. The summed E-state index contributed by atoms with van der Waals surface area (Å²) in [6.45, 7) is 0. The largest absolute Gasteiger partial charge is 0.256 e. The molecule has 0 aliphatic carbocycles. The first-order chi connectivity index (χ1) is 22.8. The summed E-state index contributed by atoms with van der Waals surface area (Å²) in [5, 5.41) is 2.27. The summed E-state index contributed by atoms with van der Waals surface area (Å²) in [5.41, 5.74) is 8.35. The Bertz CT molecular complexity index is 2200. The Morgan fingerprint density at radius 3 is 1.37 bits per heavy atom. The molecule has 8 rings (SSSR count). The smallest absolute Gasteiger partial charge is 0.164 e. The van der Waals surface area contributed by atoms with Crippen molar-refractivity contribution in [2.24, 2.45) is 0 Å². The number of hydrogen-bond acceptors (Lipinski definition) is 6. The van der Waals surface area contributed by atoms with E-state index in [2.05, 4.69) is 52.4 Å². The van der Waals surface area contributed by atoms with Gasteiger partial charge in [0.15, 0.2) is 17.5 Å². The van der Waals surface area contributed by atoms with Gasteiger partial charge in [0, 0.05) is 57.4 Å². The number of rotatable bonds is 6. The number of aromatic nitrogens is 6. The first kappa shape index (κ1) is 27.2. The quantitative estimate of drug-likeness (QED) is 0.192. The Balaban J connectivity index is 1.23. The van der Waals surface area contributed by atoms with Gasteiger partial charge in [0.1, 0.15) is 0 Å². The van der Waals surface area contributed by atoms with Gasteiger partial charge in [0.25, 0.3) is 0 Å². The van der Waals surface area contributed by atoms with Crippen LogP contribution in [0.2, 0.25) is 0 Å². The van der Waals surface area contributed by atoms with Gasteiger partial charge in [0.2, 0.25) is 0 Å². The predicted octanol–water partition coefficient (Wildman–Crippen LogP) is 9.21. The second-order valence-corrected chi connectivity index (χ2v) is 10.9. The van der Waals surface area contributed by atoms with E-state index in [4.69, 9.17) is 19.9 Å². The minimum Gasteiger partial charge on any atom is -0.256 e. The van der Waals surface area contributed by atoms with E-state index in [1.807, 2.05) is 103 Å². The Kier molecular flexibility index (Phi) is 7.05. The van der Waals surface area contributed by atoms with E-state index in [0.717, 1.165) is 61.2 Å². The van der Waals surface area contributed by atoms with Crippen molar-refractivity contribution in [3.8, 4) is 67.9 Å². The first-order valence-corrected chi connectivity index (χ1v) is 15.0. The summed E-state index contributed by atoms with van der Waals surface area (Å²) in [6, 6.07) is 46.7. The predicted molar refractivity (Wildman–Crippen MR) is 183 cm³/mol. The number of nitrogens with zero attached hydrogens (tertiary/aromatic N) is 6. The molecule has 0 saturated heterocycles. The van der Waals surface area contributed by atoms with Crippen LogP contribution in [0.4, 0.5) is 0 Å². The molecular formula is C40H26N6. The van der Waals surface area contributed by atoms with E-state index in [1.54, 1.807) is 12.4 Å². The average Bonchev–Trinajstić information content (AvgIpc) is 3.15. The molecule has 0 saturated carbocycles. The van der Waals surface area contributed by atoms with Crippen molar-refractivity contribution in [2.45, 2.75) is 0 Å². The summed E-state index contributed by atoms with van der Waals surface area (Å²) in [5.74, 6) is 1.76. The number of benzene rings is 4. The fourth-order valence-corrected chi connectivity index (χ4v) is 5.50. The van der Waals surface area contributed by atoms with E-state index < -0.39 is 0 Å². The fraction of sp³-hybridized carbons (Fsp3) is 0. The van der Waals surface area contributed by atoms with Crippen molar-refractivity contribution in [3.63, 3.8) is 0 Å². The highest BCUT2D eigenvalue weighted by Gasteiger charge is 2.14. The number of fused-ring (bicyclic) bond motifs is 1. The van der Waals surface area contributed by atoms with Crippen LogP contribution in [0.15, 0.2) is 158 Å². The van der Waals surface area contributed by atoms with Crippen LogP contribution in [0.3, 0.4) is 0 Å². The second kappa shape index (κ2) is 11.9. The second-order valence-electron chi connectivity index (χ2n) is 10.9. The maximum atomic E-state index is 4.99. The highest BCUT2D eigenvalue weighted by Crippen LogP contribution is 2.30. The zero-order valence-electron chi connectivity index (χ0n) is 24.7. The molecule has 0 spiro atoms. The molecule has 0 unspecified atom stereocenters. The molecular weight excluding hydrogens is 564 g/mol. The zero-order valence-corrected chi connectivity index (χ0v) is 24.7. The van der Waals surface area contributed by atoms with Crippen LogP contribution < -0.4 is 0 Å². The van der Waals surface area contributed by atoms with Crippen molar-refractivity contribution in [1.29, 1.82) is 0 Å². The minimum atomic E-state index is 0.585. The Morgan fingerprint density at radius 1 is 0.304 bits per heavy atom. The third-order valence-corrected chi connectivity index (χ3v) is 7.87. The first-order valence-electron chi connectivity index (χ1n) is 15.0. The number of hydrogen-bond donors (Lipinski definition) is 0. The molecule has 8 aromatic rings. The van der Waals surface area contributed by atoms with Gasteiger partial charge in [-0.1, -0.05) is 97.1 Å². The molecule has 6 nitrogen and oxygen atoms in total. The monoisotopic (exact) mass is 590 g/mol. The lowest BCUT2D eigenvalue weighted by Gasteiger charge is -2.11. The summed E-state index contributed by atoms with van der Waals surface area (Å²) in [4.78, 5) is 28.7. The molecule has 6 heteroatoms. The minimum absolute atomic E-state index is 0.585. The van der Waals surface area contributed by atoms with Crippen LogP contribution in [0, 0.1) is 0 Å². The van der Waals surface area contributed by atoms with Crippen molar-refractivity contribution in [2.75, 3.05) is 0 Å².